The Balaban J connectivity index is 2.11. The Hall–Kier alpha value is -1.39. The summed E-state index contributed by atoms with van der Waals surface area (Å²) in [6.07, 6.45) is 2.25. The SMILES string of the molecule is FC(F)Oc1cccc(N2CCCC2)n1. The normalized spacial score (nSPS) is 16.1. The van der Waals surface area contributed by atoms with Gasteiger partial charge in [-0.2, -0.15) is 13.8 Å². The number of hydrogen-bond acceptors (Lipinski definition) is 3. The van der Waals surface area contributed by atoms with E-state index in [1.165, 1.54) is 6.07 Å². The molecule has 1 fully saturated rings. The summed E-state index contributed by atoms with van der Waals surface area (Å²) < 4.78 is 28.2. The Morgan fingerprint density at radius 2 is 2.00 bits per heavy atom. The monoisotopic (exact) mass is 214 g/mol. The first-order chi connectivity index (χ1) is 7.25. The molecule has 5 heteroatoms. The molecule has 1 aliphatic heterocycles. The van der Waals surface area contributed by atoms with Crippen LogP contribution in [0.1, 0.15) is 12.8 Å². The second kappa shape index (κ2) is 4.42. The highest BCUT2D eigenvalue weighted by atomic mass is 19.3. The molecule has 1 aromatic heterocycles. The van der Waals surface area contributed by atoms with Crippen molar-refractivity contribution in [1.82, 2.24) is 4.98 Å². The van der Waals surface area contributed by atoms with E-state index in [1.807, 2.05) is 6.07 Å². The molecule has 3 nitrogen and oxygen atoms in total. The van der Waals surface area contributed by atoms with E-state index in [-0.39, 0.29) is 5.88 Å². The molecule has 0 saturated carbocycles. The van der Waals surface area contributed by atoms with Crippen LogP contribution < -0.4 is 9.64 Å². The summed E-state index contributed by atoms with van der Waals surface area (Å²) >= 11 is 0. The highest BCUT2D eigenvalue weighted by Gasteiger charge is 2.14. The molecule has 0 unspecified atom stereocenters. The standard InChI is InChI=1S/C10H12F2N2O/c11-10(12)15-9-5-3-4-8(13-9)14-6-1-2-7-14/h3-5,10H,1-2,6-7H2. The van der Waals surface area contributed by atoms with Gasteiger partial charge in [0.25, 0.3) is 0 Å². The van der Waals surface area contributed by atoms with E-state index >= 15 is 0 Å². The van der Waals surface area contributed by atoms with Gasteiger partial charge in [0.2, 0.25) is 5.88 Å². The van der Waals surface area contributed by atoms with E-state index < -0.39 is 6.61 Å². The van der Waals surface area contributed by atoms with Crippen molar-refractivity contribution in [2.24, 2.45) is 0 Å². The van der Waals surface area contributed by atoms with Gasteiger partial charge in [-0.05, 0) is 18.9 Å². The van der Waals surface area contributed by atoms with Gasteiger partial charge in [-0.25, -0.2) is 0 Å². The second-order valence-electron chi connectivity index (χ2n) is 3.41. The molecule has 0 radical (unpaired) electrons. The zero-order valence-electron chi connectivity index (χ0n) is 8.20. The van der Waals surface area contributed by atoms with Crippen molar-refractivity contribution in [3.05, 3.63) is 18.2 Å². The third kappa shape index (κ3) is 2.55. The third-order valence-electron chi connectivity index (χ3n) is 2.35. The van der Waals surface area contributed by atoms with Gasteiger partial charge in [-0.3, -0.25) is 0 Å². The lowest BCUT2D eigenvalue weighted by Crippen LogP contribution is -2.19. The lowest BCUT2D eigenvalue weighted by Gasteiger charge is -2.16. The summed E-state index contributed by atoms with van der Waals surface area (Å²) in [5.74, 6) is 0.694. The molecular formula is C10H12F2N2O. The fourth-order valence-corrected chi connectivity index (χ4v) is 1.68. The van der Waals surface area contributed by atoms with Crippen molar-refractivity contribution in [3.63, 3.8) is 0 Å². The lowest BCUT2D eigenvalue weighted by molar-refractivity contribution is -0.0527. The second-order valence-corrected chi connectivity index (χ2v) is 3.41. The largest absolute Gasteiger partial charge is 0.417 e. The number of nitrogens with zero attached hydrogens (tertiary/aromatic N) is 2. The van der Waals surface area contributed by atoms with Crippen LogP contribution in [0.15, 0.2) is 18.2 Å². The first-order valence-electron chi connectivity index (χ1n) is 4.92. The van der Waals surface area contributed by atoms with Crippen LogP contribution in [0.3, 0.4) is 0 Å². The zero-order chi connectivity index (χ0) is 10.7. The van der Waals surface area contributed by atoms with Gasteiger partial charge in [-0.15, -0.1) is 0 Å². The number of rotatable bonds is 3. The summed E-state index contributed by atoms with van der Waals surface area (Å²) in [4.78, 5) is 6.09. The van der Waals surface area contributed by atoms with Gasteiger partial charge in [0, 0.05) is 19.2 Å². The Bertz CT molecular complexity index is 327. The van der Waals surface area contributed by atoms with Crippen molar-refractivity contribution >= 4 is 5.82 Å². The van der Waals surface area contributed by atoms with E-state index in [4.69, 9.17) is 0 Å². The number of alkyl halides is 2. The number of aromatic nitrogens is 1. The van der Waals surface area contributed by atoms with Gasteiger partial charge in [-0.1, -0.05) is 6.07 Å². The molecule has 1 aromatic rings. The van der Waals surface area contributed by atoms with Crippen molar-refractivity contribution in [2.45, 2.75) is 19.5 Å². The topological polar surface area (TPSA) is 25.4 Å². The Morgan fingerprint density at radius 1 is 1.27 bits per heavy atom. The number of anilines is 1. The summed E-state index contributed by atoms with van der Waals surface area (Å²) in [7, 11) is 0. The fraction of sp³-hybridized carbons (Fsp3) is 0.500. The van der Waals surface area contributed by atoms with Crippen LogP contribution in [-0.2, 0) is 0 Å². The van der Waals surface area contributed by atoms with E-state index in [2.05, 4.69) is 14.6 Å². The molecule has 2 rings (SSSR count). The summed E-state index contributed by atoms with van der Waals surface area (Å²) in [5.41, 5.74) is 0. The highest BCUT2D eigenvalue weighted by molar-refractivity contribution is 5.41. The number of pyridine rings is 1. The molecule has 0 aromatic carbocycles. The number of halogens is 2. The van der Waals surface area contributed by atoms with E-state index in [0.717, 1.165) is 25.9 Å². The average molecular weight is 214 g/mol. The average Bonchev–Trinajstić information content (AvgIpc) is 2.69. The van der Waals surface area contributed by atoms with E-state index in [9.17, 15) is 8.78 Å². The highest BCUT2D eigenvalue weighted by Crippen LogP contribution is 2.20. The minimum atomic E-state index is -2.81. The molecule has 0 N–H and O–H groups in total. The van der Waals surface area contributed by atoms with Crippen LogP contribution in [0.4, 0.5) is 14.6 Å². The van der Waals surface area contributed by atoms with E-state index in [0.29, 0.717) is 5.82 Å². The predicted molar refractivity (Wildman–Crippen MR) is 52.3 cm³/mol. The van der Waals surface area contributed by atoms with Crippen LogP contribution in [0.25, 0.3) is 0 Å². The van der Waals surface area contributed by atoms with Gasteiger partial charge in [0.05, 0.1) is 0 Å². The van der Waals surface area contributed by atoms with Crippen LogP contribution in [-0.4, -0.2) is 24.7 Å². The van der Waals surface area contributed by atoms with Crippen molar-refractivity contribution in [1.29, 1.82) is 0 Å². The first-order valence-corrected chi connectivity index (χ1v) is 4.92. The van der Waals surface area contributed by atoms with Gasteiger partial charge >= 0.3 is 6.61 Å². The van der Waals surface area contributed by atoms with Gasteiger partial charge < -0.3 is 9.64 Å². The molecule has 1 saturated heterocycles. The molecule has 82 valence electrons. The van der Waals surface area contributed by atoms with Crippen molar-refractivity contribution in [2.75, 3.05) is 18.0 Å². The summed E-state index contributed by atoms with van der Waals surface area (Å²) in [6.45, 7) is -0.942. The maximum absolute atomic E-state index is 12.0. The summed E-state index contributed by atoms with van der Waals surface area (Å²) in [5, 5.41) is 0. The lowest BCUT2D eigenvalue weighted by atomic mass is 10.4. The molecule has 0 spiro atoms. The van der Waals surface area contributed by atoms with Gasteiger partial charge in [0.1, 0.15) is 5.82 Å². The van der Waals surface area contributed by atoms with Crippen LogP contribution in [0.2, 0.25) is 0 Å². The van der Waals surface area contributed by atoms with Crippen LogP contribution in [0.5, 0.6) is 5.88 Å². The Kier molecular flexibility index (Phi) is 2.99. The minimum absolute atomic E-state index is 0.0191. The number of hydrogen-bond donors (Lipinski definition) is 0. The first kappa shape index (κ1) is 10.1. The van der Waals surface area contributed by atoms with Gasteiger partial charge in [0.15, 0.2) is 0 Å². The summed E-state index contributed by atoms with van der Waals surface area (Å²) in [6, 6.07) is 4.92. The molecule has 1 aliphatic rings. The molecule has 0 aliphatic carbocycles. The molecular weight excluding hydrogens is 202 g/mol. The minimum Gasteiger partial charge on any atom is -0.417 e. The van der Waals surface area contributed by atoms with Crippen molar-refractivity contribution < 1.29 is 13.5 Å². The number of ether oxygens (including phenoxy) is 1. The maximum Gasteiger partial charge on any atom is 0.388 e. The zero-order valence-corrected chi connectivity index (χ0v) is 8.20. The Labute approximate surface area is 86.7 Å². The smallest absolute Gasteiger partial charge is 0.388 e. The van der Waals surface area contributed by atoms with Crippen LogP contribution in [0, 0.1) is 0 Å². The third-order valence-corrected chi connectivity index (χ3v) is 2.35. The predicted octanol–water partition coefficient (Wildman–Crippen LogP) is 2.28. The van der Waals surface area contributed by atoms with Crippen molar-refractivity contribution in [3.8, 4) is 5.88 Å². The fourth-order valence-electron chi connectivity index (χ4n) is 1.68. The Morgan fingerprint density at radius 3 is 2.67 bits per heavy atom. The van der Waals surface area contributed by atoms with Crippen LogP contribution >= 0.6 is 0 Å². The molecule has 15 heavy (non-hydrogen) atoms. The quantitative estimate of drug-likeness (QED) is 0.771. The molecule has 0 amide bonds. The maximum atomic E-state index is 12.0. The molecule has 2 heterocycles. The molecule has 0 bridgehead atoms. The molecule has 0 atom stereocenters. The van der Waals surface area contributed by atoms with E-state index in [1.54, 1.807) is 6.07 Å².